The molecule has 0 aliphatic heterocycles. The maximum atomic E-state index is 5.84. The van der Waals surface area contributed by atoms with Gasteiger partial charge in [-0.3, -0.25) is 0 Å². The van der Waals surface area contributed by atoms with E-state index in [-0.39, 0.29) is 5.54 Å². The van der Waals surface area contributed by atoms with Crippen LogP contribution in [0, 0.1) is 0 Å². The van der Waals surface area contributed by atoms with Crippen LogP contribution in [0.1, 0.15) is 25.7 Å². The smallest absolute Gasteiger partial charge is 0.0572 e. The van der Waals surface area contributed by atoms with E-state index in [4.69, 9.17) is 10.5 Å². The second-order valence-electron chi connectivity index (χ2n) is 4.26. The van der Waals surface area contributed by atoms with Crippen LogP contribution in [0.15, 0.2) is 0 Å². The molecule has 1 fully saturated rings. The summed E-state index contributed by atoms with van der Waals surface area (Å²) in [5, 5.41) is 0. The van der Waals surface area contributed by atoms with Crippen LogP contribution in [0.2, 0.25) is 0 Å². The fourth-order valence-electron chi connectivity index (χ4n) is 2.20. The van der Waals surface area contributed by atoms with Crippen molar-refractivity contribution in [1.29, 1.82) is 0 Å². The highest BCUT2D eigenvalue weighted by Gasteiger charge is 2.35. The summed E-state index contributed by atoms with van der Waals surface area (Å²) in [7, 11) is 6.05. The van der Waals surface area contributed by atoms with Gasteiger partial charge in [0.25, 0.3) is 0 Å². The maximum Gasteiger partial charge on any atom is 0.0572 e. The molecule has 3 heteroatoms. The second kappa shape index (κ2) is 4.40. The molecular formula is C10H22N2O. The van der Waals surface area contributed by atoms with Crippen molar-refractivity contribution >= 4 is 0 Å². The van der Waals surface area contributed by atoms with Gasteiger partial charge in [-0.2, -0.15) is 0 Å². The van der Waals surface area contributed by atoms with E-state index in [1.165, 1.54) is 0 Å². The summed E-state index contributed by atoms with van der Waals surface area (Å²) in [6.07, 6.45) is 5.07. The van der Waals surface area contributed by atoms with Gasteiger partial charge in [0.05, 0.1) is 6.10 Å². The largest absolute Gasteiger partial charge is 0.381 e. The maximum absolute atomic E-state index is 5.84. The Labute approximate surface area is 81.2 Å². The van der Waals surface area contributed by atoms with Gasteiger partial charge >= 0.3 is 0 Å². The van der Waals surface area contributed by atoms with Gasteiger partial charge in [0.15, 0.2) is 0 Å². The molecule has 0 atom stereocenters. The van der Waals surface area contributed by atoms with Gasteiger partial charge < -0.3 is 15.4 Å². The van der Waals surface area contributed by atoms with Crippen molar-refractivity contribution in [2.75, 3.05) is 27.7 Å². The molecule has 0 aromatic rings. The average Bonchev–Trinajstić information content (AvgIpc) is 2.17. The molecule has 3 nitrogen and oxygen atoms in total. The number of hydrogen-bond donors (Lipinski definition) is 1. The molecule has 0 aromatic carbocycles. The number of methoxy groups -OCH3 is 1. The number of likely N-dealkylation sites (N-methyl/N-ethyl adjacent to an activating group) is 1. The molecule has 78 valence electrons. The Morgan fingerprint density at radius 1 is 1.38 bits per heavy atom. The minimum absolute atomic E-state index is 0.231. The van der Waals surface area contributed by atoms with E-state index in [1.54, 1.807) is 7.11 Å². The summed E-state index contributed by atoms with van der Waals surface area (Å²) in [5.74, 6) is 0. The molecule has 0 saturated heterocycles. The average molecular weight is 186 g/mol. The van der Waals surface area contributed by atoms with Gasteiger partial charge in [0, 0.05) is 19.2 Å². The lowest BCUT2D eigenvalue weighted by Crippen LogP contribution is -2.53. The van der Waals surface area contributed by atoms with Crippen molar-refractivity contribution in [1.82, 2.24) is 4.90 Å². The highest BCUT2D eigenvalue weighted by molar-refractivity contribution is 4.93. The molecule has 0 bridgehead atoms. The van der Waals surface area contributed by atoms with Crippen LogP contribution >= 0.6 is 0 Å². The zero-order valence-electron chi connectivity index (χ0n) is 9.05. The lowest BCUT2D eigenvalue weighted by Gasteiger charge is -2.44. The Balaban J connectivity index is 2.53. The summed E-state index contributed by atoms with van der Waals surface area (Å²) >= 11 is 0. The van der Waals surface area contributed by atoms with Gasteiger partial charge in [-0.1, -0.05) is 0 Å². The molecule has 0 aromatic heterocycles. The zero-order valence-corrected chi connectivity index (χ0v) is 9.05. The number of hydrogen-bond acceptors (Lipinski definition) is 3. The molecule has 1 rings (SSSR count). The second-order valence-corrected chi connectivity index (χ2v) is 4.26. The topological polar surface area (TPSA) is 38.5 Å². The third-order valence-electron chi connectivity index (χ3n) is 3.53. The summed E-state index contributed by atoms with van der Waals surface area (Å²) in [4.78, 5) is 2.28. The van der Waals surface area contributed by atoms with Crippen molar-refractivity contribution in [3.8, 4) is 0 Å². The Morgan fingerprint density at radius 3 is 2.23 bits per heavy atom. The van der Waals surface area contributed by atoms with Gasteiger partial charge in [-0.05, 0) is 39.8 Å². The van der Waals surface area contributed by atoms with E-state index in [9.17, 15) is 0 Å². The molecular weight excluding hydrogens is 164 g/mol. The minimum Gasteiger partial charge on any atom is -0.381 e. The van der Waals surface area contributed by atoms with Crippen LogP contribution in [-0.2, 0) is 4.74 Å². The molecule has 0 radical (unpaired) electrons. The van der Waals surface area contributed by atoms with Crippen LogP contribution in [0.4, 0.5) is 0 Å². The normalized spacial score (nSPS) is 35.3. The van der Waals surface area contributed by atoms with Crippen LogP contribution < -0.4 is 5.73 Å². The van der Waals surface area contributed by atoms with Crippen LogP contribution in [0.3, 0.4) is 0 Å². The van der Waals surface area contributed by atoms with Crippen molar-refractivity contribution in [3.63, 3.8) is 0 Å². The molecule has 1 aliphatic rings. The van der Waals surface area contributed by atoms with E-state index in [2.05, 4.69) is 19.0 Å². The fraction of sp³-hybridized carbons (Fsp3) is 1.00. The van der Waals surface area contributed by atoms with Crippen molar-refractivity contribution in [2.45, 2.75) is 37.3 Å². The predicted molar refractivity (Wildman–Crippen MR) is 54.7 cm³/mol. The third kappa shape index (κ3) is 2.22. The number of ether oxygens (including phenoxy) is 1. The highest BCUT2D eigenvalue weighted by atomic mass is 16.5. The molecule has 13 heavy (non-hydrogen) atoms. The summed E-state index contributed by atoms with van der Waals surface area (Å²) in [5.41, 5.74) is 6.07. The SMILES string of the molecule is COC1CCC(CN)(N(C)C)CC1. The molecule has 1 aliphatic carbocycles. The molecule has 0 spiro atoms. The number of rotatable bonds is 3. The van der Waals surface area contributed by atoms with Crippen molar-refractivity contribution in [3.05, 3.63) is 0 Å². The van der Waals surface area contributed by atoms with Crippen LogP contribution in [-0.4, -0.2) is 44.3 Å². The quantitative estimate of drug-likeness (QED) is 0.709. The fourth-order valence-corrected chi connectivity index (χ4v) is 2.20. The van der Waals surface area contributed by atoms with Crippen molar-refractivity contribution in [2.24, 2.45) is 5.73 Å². The first kappa shape index (κ1) is 11.0. The van der Waals surface area contributed by atoms with Crippen LogP contribution in [0.25, 0.3) is 0 Å². The minimum atomic E-state index is 0.231. The van der Waals surface area contributed by atoms with Gasteiger partial charge in [0.1, 0.15) is 0 Å². The summed E-state index contributed by atoms with van der Waals surface area (Å²) < 4.78 is 5.35. The van der Waals surface area contributed by atoms with Gasteiger partial charge in [0.2, 0.25) is 0 Å². The summed E-state index contributed by atoms with van der Waals surface area (Å²) in [6.45, 7) is 0.760. The molecule has 0 amide bonds. The lowest BCUT2D eigenvalue weighted by atomic mass is 9.79. The van der Waals surface area contributed by atoms with E-state index < -0.39 is 0 Å². The van der Waals surface area contributed by atoms with E-state index in [1.807, 2.05) is 0 Å². The first-order valence-electron chi connectivity index (χ1n) is 5.05. The molecule has 1 saturated carbocycles. The first-order valence-corrected chi connectivity index (χ1v) is 5.05. The van der Waals surface area contributed by atoms with E-state index >= 15 is 0 Å². The van der Waals surface area contributed by atoms with Crippen molar-refractivity contribution < 1.29 is 4.74 Å². The third-order valence-corrected chi connectivity index (χ3v) is 3.53. The molecule has 2 N–H and O–H groups in total. The van der Waals surface area contributed by atoms with Crippen LogP contribution in [0.5, 0.6) is 0 Å². The first-order chi connectivity index (χ1) is 6.14. The monoisotopic (exact) mass is 186 g/mol. The standard InChI is InChI=1S/C10H22N2O/c1-12(2)10(8-11)6-4-9(13-3)5-7-10/h9H,4-8,11H2,1-3H3. The predicted octanol–water partition coefficient (Wildman–Crippen LogP) is 0.834. The highest BCUT2D eigenvalue weighted by Crippen LogP contribution is 2.32. The van der Waals surface area contributed by atoms with E-state index in [0.29, 0.717) is 6.10 Å². The molecule has 0 heterocycles. The lowest BCUT2D eigenvalue weighted by molar-refractivity contribution is 0.0123. The molecule has 0 unspecified atom stereocenters. The van der Waals surface area contributed by atoms with Gasteiger partial charge in [-0.25, -0.2) is 0 Å². The Morgan fingerprint density at radius 2 is 1.92 bits per heavy atom. The summed E-state index contributed by atoms with van der Waals surface area (Å²) in [6, 6.07) is 0. The number of nitrogens with zero attached hydrogens (tertiary/aromatic N) is 1. The number of nitrogens with two attached hydrogens (primary N) is 1. The Bertz CT molecular complexity index is 151. The zero-order chi connectivity index (χ0) is 9.90. The van der Waals surface area contributed by atoms with Gasteiger partial charge in [-0.15, -0.1) is 0 Å². The Kier molecular flexibility index (Phi) is 3.71. The Hall–Kier alpha value is -0.120. The van der Waals surface area contributed by atoms with E-state index in [0.717, 1.165) is 32.2 Å².